The van der Waals surface area contributed by atoms with Gasteiger partial charge in [0.2, 0.25) is 5.91 Å². The summed E-state index contributed by atoms with van der Waals surface area (Å²) in [5.41, 5.74) is 0.958. The Morgan fingerprint density at radius 3 is 2.73 bits per heavy atom. The molecule has 2 saturated heterocycles. The molecule has 1 amide bonds. The molecule has 286 valence electrons. The lowest BCUT2D eigenvalue weighted by Crippen LogP contribution is -2.46. The number of rotatable bonds is 9. The lowest BCUT2D eigenvalue weighted by Gasteiger charge is -2.36. The van der Waals surface area contributed by atoms with Crippen molar-refractivity contribution in [3.63, 3.8) is 0 Å². The predicted molar refractivity (Wildman–Crippen MR) is 200 cm³/mol. The van der Waals surface area contributed by atoms with Crippen LogP contribution in [0.3, 0.4) is 0 Å². The largest absolute Gasteiger partial charge is 0.508 e. The van der Waals surface area contributed by atoms with Gasteiger partial charge in [0.1, 0.15) is 35.9 Å². The summed E-state index contributed by atoms with van der Waals surface area (Å²) in [6.07, 6.45) is 6.70. The Hall–Kier alpha value is -5.71. The van der Waals surface area contributed by atoms with Crippen molar-refractivity contribution in [1.29, 1.82) is 0 Å². The van der Waals surface area contributed by atoms with Crippen LogP contribution in [0.1, 0.15) is 60.7 Å². The Kier molecular flexibility index (Phi) is 9.91. The zero-order chi connectivity index (χ0) is 39.2. The molecule has 3 atom stereocenters. The highest BCUT2D eigenvalue weighted by Crippen LogP contribution is 2.41. The molecule has 9 nitrogen and oxygen atoms in total. The van der Waals surface area contributed by atoms with E-state index in [0.717, 1.165) is 36.2 Å². The van der Waals surface area contributed by atoms with Gasteiger partial charge in [-0.05, 0) is 91.6 Å². The summed E-state index contributed by atoms with van der Waals surface area (Å²) in [6.45, 7) is 6.29. The number of alkyl halides is 4. The Labute approximate surface area is 315 Å². The van der Waals surface area contributed by atoms with Crippen molar-refractivity contribution in [3.8, 4) is 24.1 Å². The Morgan fingerprint density at radius 1 is 1.22 bits per heavy atom. The van der Waals surface area contributed by atoms with Gasteiger partial charge < -0.3 is 24.5 Å². The van der Waals surface area contributed by atoms with Crippen molar-refractivity contribution in [2.24, 2.45) is 0 Å². The number of benzene rings is 2. The first-order valence-corrected chi connectivity index (χ1v) is 17.9. The number of fused-ring (bicyclic) bond motifs is 2. The van der Waals surface area contributed by atoms with Crippen molar-refractivity contribution in [2.45, 2.75) is 63.0 Å². The molecule has 2 aromatic heterocycles. The fourth-order valence-electron chi connectivity index (χ4n) is 8.13. The number of pyridine rings is 1. The maximum atomic E-state index is 15.0. The van der Waals surface area contributed by atoms with Crippen LogP contribution < -0.4 is 14.5 Å². The van der Waals surface area contributed by atoms with Gasteiger partial charge in [0.15, 0.2) is 0 Å². The van der Waals surface area contributed by atoms with Crippen molar-refractivity contribution in [1.82, 2.24) is 19.9 Å². The number of phenolic OH excluding ortho intramolecular Hbond substituents is 1. The molecule has 4 heterocycles. The summed E-state index contributed by atoms with van der Waals surface area (Å²) in [6, 6.07) is 7.93. The molecular formula is C41H39F5N6O3. The minimum absolute atomic E-state index is 0.0186. The minimum atomic E-state index is -4.62. The van der Waals surface area contributed by atoms with Crippen LogP contribution in [-0.2, 0) is 17.4 Å². The molecule has 7 rings (SSSR count). The van der Waals surface area contributed by atoms with Gasteiger partial charge in [-0.15, -0.1) is 6.42 Å². The average molecular weight is 759 g/mol. The second kappa shape index (κ2) is 14.5. The maximum absolute atomic E-state index is 15.0. The predicted octanol–water partition coefficient (Wildman–Crippen LogP) is 7.36. The normalized spacial score (nSPS) is 20.9. The number of hydrogen-bond donors (Lipinski definition) is 1. The smallest absolute Gasteiger partial charge is 0.433 e. The van der Waals surface area contributed by atoms with Gasteiger partial charge in [0, 0.05) is 43.5 Å². The summed E-state index contributed by atoms with van der Waals surface area (Å²) in [7, 11) is 1.87. The van der Waals surface area contributed by atoms with E-state index in [4.69, 9.17) is 21.1 Å². The number of aromatic hydroxyl groups is 1. The van der Waals surface area contributed by atoms with Crippen LogP contribution in [0.2, 0.25) is 0 Å². The number of nitrogens with zero attached hydrogens (tertiary/aromatic N) is 6. The first-order valence-electron chi connectivity index (χ1n) is 17.9. The monoisotopic (exact) mass is 758 g/mol. The Bertz CT molecular complexity index is 2240. The number of phenols is 1. The number of carbonyl (C=O) groups excluding carboxylic acids is 1. The summed E-state index contributed by atoms with van der Waals surface area (Å²) in [5.74, 6) is 2.29. The fraction of sp³-hybridized carbons (Fsp3) is 0.366. The molecule has 1 aliphatic carbocycles. The van der Waals surface area contributed by atoms with Crippen LogP contribution in [0.4, 0.5) is 33.5 Å². The van der Waals surface area contributed by atoms with Gasteiger partial charge in [-0.3, -0.25) is 4.79 Å². The van der Waals surface area contributed by atoms with Gasteiger partial charge in [-0.2, -0.15) is 23.1 Å². The zero-order valence-electron chi connectivity index (χ0n) is 30.3. The van der Waals surface area contributed by atoms with Crippen molar-refractivity contribution in [2.75, 3.05) is 43.1 Å². The summed E-state index contributed by atoms with van der Waals surface area (Å²) in [5, 5.41) is 11.7. The van der Waals surface area contributed by atoms with Gasteiger partial charge in [0.05, 0.1) is 35.2 Å². The number of ether oxygens (including phenoxy) is 1. The van der Waals surface area contributed by atoms with E-state index < -0.39 is 29.4 Å². The number of terminal acetylenes is 1. The lowest BCUT2D eigenvalue weighted by molar-refractivity contribution is -0.141. The Morgan fingerprint density at radius 2 is 2.02 bits per heavy atom. The summed E-state index contributed by atoms with van der Waals surface area (Å²) >= 11 is 0. The highest BCUT2D eigenvalue weighted by atomic mass is 19.4. The standard InChI is InChI=1S/C41H39F5N6O3/c1-5-30-33(43)13-10-25-16-29(53)18-32(37(25)30)24-9-12-31-34(17-24)48-39(49-38(31)50(4)22-28-8-7-15-51(28)36(54)6-2)55-23-40(3)19-26(42)21-52(40)27-11-14-35(47-20-27)41(44,45)46/h1,6,10-11,13-14,16-18,20,26,28,53H,2,7-9,12,15,19,21-23H2,3-4H3/t26-,28+,40+/m1/s1. The van der Waals surface area contributed by atoms with E-state index in [0.29, 0.717) is 59.5 Å². The molecule has 1 N–H and O–H groups in total. The minimum Gasteiger partial charge on any atom is -0.508 e. The number of aromatic nitrogens is 3. The van der Waals surface area contributed by atoms with Gasteiger partial charge in [-0.1, -0.05) is 18.6 Å². The summed E-state index contributed by atoms with van der Waals surface area (Å²) in [4.78, 5) is 31.2. The quantitative estimate of drug-likeness (QED) is 0.108. The lowest BCUT2D eigenvalue weighted by atomic mass is 9.87. The van der Waals surface area contributed by atoms with E-state index >= 15 is 4.39 Å². The number of amides is 1. The number of likely N-dealkylation sites (tertiary alicyclic amines) is 1. The molecular weight excluding hydrogens is 719 g/mol. The molecule has 4 aromatic rings. The second-order valence-corrected chi connectivity index (χ2v) is 14.5. The van der Waals surface area contributed by atoms with Crippen molar-refractivity contribution >= 4 is 39.8 Å². The number of likely N-dealkylation sites (N-methyl/N-ethyl adjacent to an activating group) is 1. The molecule has 0 spiro atoms. The number of carbonyl (C=O) groups is 1. The van der Waals surface area contributed by atoms with E-state index in [-0.39, 0.29) is 48.8 Å². The molecule has 2 fully saturated rings. The SMILES string of the molecule is C#Cc1c(F)ccc2cc(O)cc(C3=Cc4nc(OC[C@]5(C)C[C@@H](F)CN5c5ccc(C(F)(F)F)nc5)nc(N(C)C[C@@H]5CCCN5C(=O)C=C)c4CC3)c12. The Balaban J connectivity index is 1.27. The van der Waals surface area contributed by atoms with E-state index in [1.54, 1.807) is 28.9 Å². The third-order valence-corrected chi connectivity index (χ3v) is 10.7. The topological polar surface area (TPSA) is 94.9 Å². The van der Waals surface area contributed by atoms with Crippen molar-refractivity contribution < 1.29 is 36.6 Å². The van der Waals surface area contributed by atoms with Gasteiger partial charge in [0.25, 0.3) is 0 Å². The first-order chi connectivity index (χ1) is 26.2. The number of halogens is 5. The third kappa shape index (κ3) is 7.27. The van der Waals surface area contributed by atoms with Gasteiger partial charge >= 0.3 is 12.2 Å². The zero-order valence-corrected chi connectivity index (χ0v) is 30.3. The van der Waals surface area contributed by atoms with E-state index in [1.807, 2.05) is 18.0 Å². The number of hydrogen-bond acceptors (Lipinski definition) is 8. The first kappa shape index (κ1) is 37.6. The van der Waals surface area contributed by atoms with Crippen LogP contribution in [0, 0.1) is 18.2 Å². The highest BCUT2D eigenvalue weighted by molar-refractivity contribution is 6.02. The second-order valence-electron chi connectivity index (χ2n) is 14.5. The van der Waals surface area contributed by atoms with Crippen LogP contribution in [0.5, 0.6) is 11.8 Å². The molecule has 3 aliphatic rings. The van der Waals surface area contributed by atoms with Crippen LogP contribution in [0.15, 0.2) is 55.3 Å². The van der Waals surface area contributed by atoms with Crippen molar-refractivity contribution in [3.05, 3.63) is 89.1 Å². The fourth-order valence-corrected chi connectivity index (χ4v) is 8.13. The molecule has 14 heteroatoms. The molecule has 0 saturated carbocycles. The molecule has 2 aromatic carbocycles. The molecule has 2 aliphatic heterocycles. The average Bonchev–Trinajstić information content (AvgIpc) is 3.75. The molecule has 0 radical (unpaired) electrons. The van der Waals surface area contributed by atoms with Crippen LogP contribution >= 0.6 is 0 Å². The van der Waals surface area contributed by atoms with E-state index in [9.17, 15) is 27.5 Å². The molecule has 0 unspecified atom stereocenters. The number of allylic oxidation sites excluding steroid dienone is 1. The van der Waals surface area contributed by atoms with Gasteiger partial charge in [-0.25, -0.2) is 13.8 Å². The third-order valence-electron chi connectivity index (χ3n) is 10.7. The van der Waals surface area contributed by atoms with Crippen LogP contribution in [-0.4, -0.2) is 81.9 Å². The molecule has 55 heavy (non-hydrogen) atoms. The molecule has 0 bridgehead atoms. The summed E-state index contributed by atoms with van der Waals surface area (Å²) < 4.78 is 76.0. The van der Waals surface area contributed by atoms with E-state index in [2.05, 4.69) is 17.5 Å². The maximum Gasteiger partial charge on any atom is 0.433 e. The number of anilines is 2. The van der Waals surface area contributed by atoms with Crippen LogP contribution in [0.25, 0.3) is 22.4 Å². The highest BCUT2D eigenvalue weighted by Gasteiger charge is 2.44. The van der Waals surface area contributed by atoms with E-state index in [1.165, 1.54) is 24.3 Å².